The summed E-state index contributed by atoms with van der Waals surface area (Å²) in [5, 5.41) is 0.944. The van der Waals surface area contributed by atoms with Crippen molar-refractivity contribution in [1.82, 2.24) is 0 Å². The number of rotatable bonds is 2. The van der Waals surface area contributed by atoms with Crippen LogP contribution in [0.4, 0.5) is 0 Å². The fourth-order valence-electron chi connectivity index (χ4n) is 3.31. The van der Waals surface area contributed by atoms with Crippen LogP contribution in [0, 0.1) is 6.92 Å². The maximum Gasteiger partial charge on any atom is 0.343 e. The van der Waals surface area contributed by atoms with E-state index < -0.39 is 5.97 Å². The van der Waals surface area contributed by atoms with E-state index in [0.717, 1.165) is 35.8 Å². The number of ether oxygens (including phenoxy) is 1. The third-order valence-electron chi connectivity index (χ3n) is 4.55. The van der Waals surface area contributed by atoms with Gasteiger partial charge >= 0.3 is 11.6 Å². The molecule has 4 nitrogen and oxygen atoms in total. The second-order valence-corrected chi connectivity index (χ2v) is 6.02. The number of hydrogen-bond donors (Lipinski definition) is 0. The molecule has 24 heavy (non-hydrogen) atoms. The Kier molecular flexibility index (Phi) is 3.45. The number of esters is 1. The summed E-state index contributed by atoms with van der Waals surface area (Å²) in [7, 11) is 0. The molecule has 0 radical (unpaired) electrons. The van der Waals surface area contributed by atoms with Crippen LogP contribution < -0.4 is 10.4 Å². The molecule has 4 rings (SSSR count). The van der Waals surface area contributed by atoms with Gasteiger partial charge in [0.2, 0.25) is 0 Å². The van der Waals surface area contributed by atoms with E-state index in [-0.39, 0.29) is 5.63 Å². The van der Waals surface area contributed by atoms with Crippen molar-refractivity contribution >= 4 is 16.9 Å². The van der Waals surface area contributed by atoms with Crippen LogP contribution in [0.3, 0.4) is 0 Å². The zero-order valence-corrected chi connectivity index (χ0v) is 13.3. The number of hydrogen-bond acceptors (Lipinski definition) is 4. The van der Waals surface area contributed by atoms with Gasteiger partial charge < -0.3 is 9.15 Å². The van der Waals surface area contributed by atoms with Gasteiger partial charge in [0.25, 0.3) is 0 Å². The van der Waals surface area contributed by atoms with Crippen LogP contribution in [0.15, 0.2) is 51.7 Å². The highest BCUT2D eigenvalue weighted by Crippen LogP contribution is 2.33. The lowest BCUT2D eigenvalue weighted by Gasteiger charge is -2.11. The lowest BCUT2D eigenvalue weighted by molar-refractivity contribution is 0.0733. The molecule has 1 aliphatic rings. The first kappa shape index (κ1) is 14.7. The summed E-state index contributed by atoms with van der Waals surface area (Å²) in [5.74, 6) is -0.0148. The molecule has 4 heteroatoms. The summed E-state index contributed by atoms with van der Waals surface area (Å²) in [6.45, 7) is 1.81. The molecule has 120 valence electrons. The molecular weight excluding hydrogens is 304 g/mol. The predicted octanol–water partition coefficient (Wildman–Crippen LogP) is 3.81. The van der Waals surface area contributed by atoms with Gasteiger partial charge in [-0.1, -0.05) is 18.2 Å². The summed E-state index contributed by atoms with van der Waals surface area (Å²) in [6, 6.07) is 12.5. The van der Waals surface area contributed by atoms with E-state index >= 15 is 0 Å². The minimum atomic E-state index is -0.429. The van der Waals surface area contributed by atoms with E-state index in [1.54, 1.807) is 37.3 Å². The van der Waals surface area contributed by atoms with Gasteiger partial charge in [0.15, 0.2) is 0 Å². The van der Waals surface area contributed by atoms with Crippen molar-refractivity contribution in [2.75, 3.05) is 0 Å². The summed E-state index contributed by atoms with van der Waals surface area (Å²) >= 11 is 0. The van der Waals surface area contributed by atoms with Crippen molar-refractivity contribution in [3.63, 3.8) is 0 Å². The molecule has 0 atom stereocenters. The Hall–Kier alpha value is -2.88. The van der Waals surface area contributed by atoms with E-state index in [1.165, 1.54) is 0 Å². The van der Waals surface area contributed by atoms with Crippen LogP contribution in [-0.4, -0.2) is 5.97 Å². The Morgan fingerprint density at radius 1 is 1.04 bits per heavy atom. The molecule has 1 heterocycles. The van der Waals surface area contributed by atoms with Crippen molar-refractivity contribution in [3.8, 4) is 5.75 Å². The molecular formula is C20H16O4. The first-order valence-corrected chi connectivity index (χ1v) is 8.00. The van der Waals surface area contributed by atoms with Crippen LogP contribution in [0.2, 0.25) is 0 Å². The summed E-state index contributed by atoms with van der Waals surface area (Å²) < 4.78 is 11.0. The Bertz CT molecular complexity index is 1000. The molecule has 0 saturated heterocycles. The first-order valence-electron chi connectivity index (χ1n) is 8.00. The van der Waals surface area contributed by atoms with Crippen molar-refractivity contribution in [2.45, 2.75) is 26.2 Å². The largest absolute Gasteiger partial charge is 0.423 e. The van der Waals surface area contributed by atoms with Gasteiger partial charge in [0.05, 0.1) is 5.56 Å². The van der Waals surface area contributed by atoms with Crippen LogP contribution >= 0.6 is 0 Å². The lowest BCUT2D eigenvalue weighted by atomic mass is 10.0. The molecule has 1 aliphatic carbocycles. The molecule has 3 aromatic rings. The Morgan fingerprint density at radius 3 is 2.58 bits per heavy atom. The molecule has 0 unspecified atom stereocenters. The molecule has 0 fully saturated rings. The standard InChI is InChI=1S/C20H16O4/c1-12-17(23-19(21)13-6-3-2-4-7-13)11-10-15-14-8-5-9-16(14)20(22)24-18(12)15/h2-4,6-7,10-11H,5,8-9H2,1H3. The normalized spacial score (nSPS) is 13.0. The predicted molar refractivity (Wildman–Crippen MR) is 90.6 cm³/mol. The van der Waals surface area contributed by atoms with Gasteiger partial charge in [-0.15, -0.1) is 0 Å². The molecule has 1 aromatic heterocycles. The third kappa shape index (κ3) is 2.31. The average Bonchev–Trinajstić information content (AvgIpc) is 3.09. The molecule has 0 aliphatic heterocycles. The van der Waals surface area contributed by atoms with E-state index in [9.17, 15) is 9.59 Å². The second-order valence-electron chi connectivity index (χ2n) is 6.02. The zero-order valence-electron chi connectivity index (χ0n) is 13.3. The van der Waals surface area contributed by atoms with E-state index in [0.29, 0.717) is 22.5 Å². The fraction of sp³-hybridized carbons (Fsp3) is 0.200. The second kappa shape index (κ2) is 5.64. The quantitative estimate of drug-likeness (QED) is 0.409. The number of benzene rings is 2. The van der Waals surface area contributed by atoms with Gasteiger partial charge in [-0.2, -0.15) is 0 Å². The SMILES string of the molecule is Cc1c(OC(=O)c2ccccc2)ccc2c3c(c(=O)oc12)CCC3. The molecule has 0 spiro atoms. The first-order chi connectivity index (χ1) is 11.6. The van der Waals surface area contributed by atoms with Gasteiger partial charge in [-0.3, -0.25) is 0 Å². The van der Waals surface area contributed by atoms with Crippen molar-refractivity contribution in [2.24, 2.45) is 0 Å². The van der Waals surface area contributed by atoms with E-state index in [2.05, 4.69) is 0 Å². The number of fused-ring (bicyclic) bond motifs is 3. The number of carbonyl (C=O) groups is 1. The average molecular weight is 320 g/mol. The Morgan fingerprint density at radius 2 is 1.79 bits per heavy atom. The molecule has 0 bridgehead atoms. The van der Waals surface area contributed by atoms with Crippen LogP contribution in [0.1, 0.15) is 33.5 Å². The van der Waals surface area contributed by atoms with Crippen molar-refractivity contribution < 1.29 is 13.9 Å². The molecule has 0 amide bonds. The smallest absolute Gasteiger partial charge is 0.343 e. The van der Waals surface area contributed by atoms with Gasteiger partial charge in [0.1, 0.15) is 11.3 Å². The van der Waals surface area contributed by atoms with Gasteiger partial charge in [-0.05, 0) is 56.0 Å². The van der Waals surface area contributed by atoms with Crippen molar-refractivity contribution in [1.29, 1.82) is 0 Å². The minimum absolute atomic E-state index is 0.273. The highest BCUT2D eigenvalue weighted by molar-refractivity contribution is 5.92. The topological polar surface area (TPSA) is 56.5 Å². The fourth-order valence-corrected chi connectivity index (χ4v) is 3.31. The third-order valence-corrected chi connectivity index (χ3v) is 4.55. The molecule has 0 N–H and O–H groups in total. The number of carbonyl (C=O) groups excluding carboxylic acids is 1. The van der Waals surface area contributed by atoms with Gasteiger partial charge in [0, 0.05) is 16.5 Å². The van der Waals surface area contributed by atoms with Gasteiger partial charge in [-0.25, -0.2) is 9.59 Å². The molecule has 2 aromatic carbocycles. The lowest BCUT2D eigenvalue weighted by Crippen LogP contribution is -2.10. The molecule has 0 saturated carbocycles. The minimum Gasteiger partial charge on any atom is -0.423 e. The Labute approximate surface area is 138 Å². The zero-order chi connectivity index (χ0) is 16.7. The van der Waals surface area contributed by atoms with Crippen LogP contribution in [0.25, 0.3) is 11.0 Å². The maximum atomic E-state index is 12.2. The van der Waals surface area contributed by atoms with Crippen LogP contribution in [-0.2, 0) is 12.8 Å². The summed E-state index contributed by atoms with van der Waals surface area (Å²) in [4.78, 5) is 24.4. The Balaban J connectivity index is 1.78. The van der Waals surface area contributed by atoms with E-state index in [4.69, 9.17) is 9.15 Å². The van der Waals surface area contributed by atoms with E-state index in [1.807, 2.05) is 12.1 Å². The van der Waals surface area contributed by atoms with Crippen LogP contribution in [0.5, 0.6) is 5.75 Å². The number of aryl methyl sites for hydroxylation is 2. The summed E-state index contributed by atoms with van der Waals surface area (Å²) in [6.07, 6.45) is 2.64. The van der Waals surface area contributed by atoms with Crippen molar-refractivity contribution in [3.05, 3.63) is 75.1 Å². The summed E-state index contributed by atoms with van der Waals surface area (Å²) in [5.41, 5.74) is 3.25. The monoisotopic (exact) mass is 320 g/mol. The highest BCUT2D eigenvalue weighted by Gasteiger charge is 2.22. The maximum absolute atomic E-state index is 12.2. The highest BCUT2D eigenvalue weighted by atomic mass is 16.5.